The Bertz CT molecular complexity index is 706. The highest BCUT2D eigenvalue weighted by Gasteiger charge is 2.14. The number of hydrogen-bond donors (Lipinski definition) is 2. The maximum absolute atomic E-state index is 12.1. The van der Waals surface area contributed by atoms with Gasteiger partial charge in [0, 0.05) is 31.0 Å². The normalized spacial score (nSPS) is 11.0. The third kappa shape index (κ3) is 5.67. The Kier molecular flexibility index (Phi) is 6.22. The molecule has 0 radical (unpaired) electrons. The fraction of sp³-hybridized carbons (Fsp3) is 0.368. The van der Waals surface area contributed by atoms with Crippen LogP contribution in [0.1, 0.15) is 53.6 Å². The van der Waals surface area contributed by atoms with E-state index in [0.717, 1.165) is 0 Å². The summed E-state index contributed by atoms with van der Waals surface area (Å²) in [4.78, 5) is 31.7. The number of carbonyl (C=O) groups is 2. The summed E-state index contributed by atoms with van der Waals surface area (Å²) in [5.41, 5.74) is 2.17. The minimum atomic E-state index is -0.266. The van der Waals surface area contributed by atoms with Crippen LogP contribution < -0.4 is 10.6 Å². The van der Waals surface area contributed by atoms with Crippen LogP contribution in [0, 0.1) is 0 Å². The average molecular weight is 340 g/mol. The molecule has 0 saturated heterocycles. The van der Waals surface area contributed by atoms with Gasteiger partial charge >= 0.3 is 0 Å². The first-order valence-corrected chi connectivity index (χ1v) is 8.31. The van der Waals surface area contributed by atoms with Crippen LogP contribution in [0.3, 0.4) is 0 Å². The van der Waals surface area contributed by atoms with Gasteiger partial charge in [-0.3, -0.25) is 14.6 Å². The molecule has 2 amide bonds. The summed E-state index contributed by atoms with van der Waals surface area (Å²) in [6.07, 6.45) is 5.04. The lowest BCUT2D eigenvalue weighted by molar-refractivity contribution is 0.0947. The summed E-state index contributed by atoms with van der Waals surface area (Å²) < 4.78 is 0. The second-order valence-electron chi connectivity index (χ2n) is 6.78. The fourth-order valence-corrected chi connectivity index (χ4v) is 2.22. The molecular formula is C19H24N4O2. The second kappa shape index (κ2) is 8.37. The summed E-state index contributed by atoms with van der Waals surface area (Å²) in [5.74, 6) is -0.377. The molecule has 25 heavy (non-hydrogen) atoms. The van der Waals surface area contributed by atoms with Crippen molar-refractivity contribution >= 4 is 11.8 Å². The van der Waals surface area contributed by atoms with Gasteiger partial charge in [-0.2, -0.15) is 0 Å². The number of nitrogens with one attached hydrogen (secondary N) is 2. The van der Waals surface area contributed by atoms with Crippen LogP contribution in [0.15, 0.2) is 42.9 Å². The van der Waals surface area contributed by atoms with Crippen molar-refractivity contribution < 1.29 is 9.59 Å². The summed E-state index contributed by atoms with van der Waals surface area (Å²) in [6, 6.07) is 7.64. The molecular weight excluding hydrogens is 316 g/mol. The van der Waals surface area contributed by atoms with E-state index in [1.807, 2.05) is 24.3 Å². The zero-order valence-corrected chi connectivity index (χ0v) is 14.9. The second-order valence-corrected chi connectivity index (χ2v) is 6.78. The molecule has 1 aromatic heterocycles. The minimum absolute atomic E-state index is 0.0658. The maximum Gasteiger partial charge on any atom is 0.271 e. The van der Waals surface area contributed by atoms with E-state index in [4.69, 9.17) is 0 Å². The van der Waals surface area contributed by atoms with Crippen molar-refractivity contribution in [3.63, 3.8) is 0 Å². The topological polar surface area (TPSA) is 84.0 Å². The highest BCUT2D eigenvalue weighted by Crippen LogP contribution is 2.22. The average Bonchev–Trinajstić information content (AvgIpc) is 2.61. The lowest BCUT2D eigenvalue weighted by atomic mass is 9.87. The number of amides is 2. The molecule has 6 heteroatoms. The molecule has 2 N–H and O–H groups in total. The molecule has 132 valence electrons. The van der Waals surface area contributed by atoms with E-state index < -0.39 is 0 Å². The summed E-state index contributed by atoms with van der Waals surface area (Å²) >= 11 is 0. The molecule has 6 nitrogen and oxygen atoms in total. The quantitative estimate of drug-likeness (QED) is 0.791. The van der Waals surface area contributed by atoms with Gasteiger partial charge in [0.15, 0.2) is 0 Å². The molecule has 1 heterocycles. The molecule has 2 rings (SSSR count). The first-order chi connectivity index (χ1) is 11.9. The van der Waals surface area contributed by atoms with Crippen molar-refractivity contribution in [1.29, 1.82) is 0 Å². The Morgan fingerprint density at radius 3 is 2.16 bits per heavy atom. The molecule has 2 aromatic rings. The van der Waals surface area contributed by atoms with Crippen molar-refractivity contribution in [3.05, 3.63) is 59.7 Å². The van der Waals surface area contributed by atoms with Crippen molar-refractivity contribution in [3.8, 4) is 0 Å². The van der Waals surface area contributed by atoms with Crippen LogP contribution in [-0.4, -0.2) is 34.9 Å². The van der Waals surface area contributed by atoms with Gasteiger partial charge in [0.2, 0.25) is 0 Å². The summed E-state index contributed by atoms with van der Waals surface area (Å²) in [6.45, 7) is 7.35. The number of hydrogen-bond acceptors (Lipinski definition) is 4. The minimum Gasteiger partial charge on any atom is -0.352 e. The van der Waals surface area contributed by atoms with Crippen LogP contribution >= 0.6 is 0 Å². The molecule has 0 fully saturated rings. The number of carbonyl (C=O) groups excluding carboxylic acids is 2. The standard InChI is InChI=1S/C19H24N4O2/c1-19(2,3)15-7-5-14(6-8-15)17(24)22-9-4-10-23-18(25)16-13-20-11-12-21-16/h5-8,11-13H,4,9-10H2,1-3H3,(H,22,24)(H,23,25). The van der Waals surface area contributed by atoms with Crippen molar-refractivity contribution in [2.24, 2.45) is 0 Å². The highest BCUT2D eigenvalue weighted by atomic mass is 16.2. The Morgan fingerprint density at radius 2 is 1.60 bits per heavy atom. The van der Waals surface area contributed by atoms with Gasteiger partial charge in [-0.25, -0.2) is 4.98 Å². The molecule has 0 bridgehead atoms. The molecule has 0 spiro atoms. The third-order valence-electron chi connectivity index (χ3n) is 3.73. The molecule has 0 unspecified atom stereocenters. The van der Waals surface area contributed by atoms with E-state index >= 15 is 0 Å². The first-order valence-electron chi connectivity index (χ1n) is 8.31. The van der Waals surface area contributed by atoms with Crippen LogP contribution in [-0.2, 0) is 5.41 Å². The van der Waals surface area contributed by atoms with Crippen LogP contribution in [0.5, 0.6) is 0 Å². The molecule has 1 aromatic carbocycles. The number of nitrogens with zero attached hydrogens (tertiary/aromatic N) is 2. The monoisotopic (exact) mass is 340 g/mol. The zero-order chi connectivity index (χ0) is 18.3. The Balaban J connectivity index is 1.71. The van der Waals surface area contributed by atoms with E-state index in [2.05, 4.69) is 41.4 Å². The van der Waals surface area contributed by atoms with E-state index in [1.165, 1.54) is 24.2 Å². The van der Waals surface area contributed by atoms with Gasteiger partial charge in [0.25, 0.3) is 11.8 Å². The molecule has 0 aliphatic heterocycles. The smallest absolute Gasteiger partial charge is 0.271 e. The van der Waals surface area contributed by atoms with Crippen LogP contribution in [0.25, 0.3) is 0 Å². The zero-order valence-electron chi connectivity index (χ0n) is 14.9. The number of rotatable bonds is 6. The van der Waals surface area contributed by atoms with Crippen molar-refractivity contribution in [1.82, 2.24) is 20.6 Å². The highest BCUT2D eigenvalue weighted by molar-refractivity contribution is 5.94. The predicted octanol–water partition coefficient (Wildman–Crippen LogP) is 2.32. The molecule has 0 aliphatic rings. The van der Waals surface area contributed by atoms with E-state index in [9.17, 15) is 9.59 Å². The van der Waals surface area contributed by atoms with E-state index in [-0.39, 0.29) is 22.9 Å². The molecule has 0 atom stereocenters. The van der Waals surface area contributed by atoms with Crippen LogP contribution in [0.4, 0.5) is 0 Å². The van der Waals surface area contributed by atoms with Gasteiger partial charge in [-0.1, -0.05) is 32.9 Å². The van der Waals surface area contributed by atoms with Gasteiger partial charge in [0.1, 0.15) is 5.69 Å². The van der Waals surface area contributed by atoms with Gasteiger partial charge < -0.3 is 10.6 Å². The van der Waals surface area contributed by atoms with Crippen LogP contribution in [0.2, 0.25) is 0 Å². The Morgan fingerprint density at radius 1 is 0.960 bits per heavy atom. The SMILES string of the molecule is CC(C)(C)c1ccc(C(=O)NCCCNC(=O)c2cnccn2)cc1. The largest absolute Gasteiger partial charge is 0.352 e. The fourth-order valence-electron chi connectivity index (χ4n) is 2.22. The lowest BCUT2D eigenvalue weighted by Gasteiger charge is -2.19. The van der Waals surface area contributed by atoms with E-state index in [0.29, 0.717) is 25.1 Å². The maximum atomic E-state index is 12.1. The molecule has 0 aliphatic carbocycles. The van der Waals surface area contributed by atoms with E-state index in [1.54, 1.807) is 0 Å². The molecule has 0 saturated carbocycles. The Labute approximate surface area is 148 Å². The van der Waals surface area contributed by atoms with Crippen molar-refractivity contribution in [2.45, 2.75) is 32.6 Å². The first kappa shape index (κ1) is 18.6. The van der Waals surface area contributed by atoms with Gasteiger partial charge in [0.05, 0.1) is 6.20 Å². The van der Waals surface area contributed by atoms with Gasteiger partial charge in [-0.05, 0) is 29.5 Å². The Hall–Kier alpha value is -2.76. The number of aromatic nitrogens is 2. The lowest BCUT2D eigenvalue weighted by Crippen LogP contribution is -2.30. The summed E-state index contributed by atoms with van der Waals surface area (Å²) in [5, 5.41) is 5.60. The van der Waals surface area contributed by atoms with Crippen molar-refractivity contribution in [2.75, 3.05) is 13.1 Å². The third-order valence-corrected chi connectivity index (χ3v) is 3.73. The van der Waals surface area contributed by atoms with Gasteiger partial charge in [-0.15, -0.1) is 0 Å². The predicted molar refractivity (Wildman–Crippen MR) is 96.5 cm³/mol. The number of benzene rings is 1. The summed E-state index contributed by atoms with van der Waals surface area (Å²) in [7, 11) is 0.